The first-order valence-electron chi connectivity index (χ1n) is 6.06. The van der Waals surface area contributed by atoms with E-state index >= 15 is 0 Å². The normalized spacial score (nSPS) is 20.5. The molecule has 16 heavy (non-hydrogen) atoms. The van der Waals surface area contributed by atoms with Gasteiger partial charge in [0, 0.05) is 5.57 Å². The average molecular weight is 220 g/mol. The Morgan fingerprint density at radius 1 is 1.50 bits per heavy atom. The average Bonchev–Trinajstić information content (AvgIpc) is 2.53. The highest BCUT2D eigenvalue weighted by Crippen LogP contribution is 2.31. The standard InChI is InChI=1S/C14H22NO/c1-5-8-11(6-2)9-13-12(7-3)10(4)14(15)16-13/h7,13,15H,3,5-6,8-9H2,1-2,4H3/q-1. The third-order valence-electron chi connectivity index (χ3n) is 3.18. The van der Waals surface area contributed by atoms with Crippen LogP contribution in [0.4, 0.5) is 0 Å². The fourth-order valence-electron chi connectivity index (χ4n) is 2.14. The molecular weight excluding hydrogens is 198 g/mol. The van der Waals surface area contributed by atoms with Gasteiger partial charge in [0.2, 0.25) is 5.90 Å². The molecule has 0 aliphatic carbocycles. The van der Waals surface area contributed by atoms with Crippen LogP contribution in [0.25, 0.3) is 0 Å². The number of hydrogen-bond donors (Lipinski definition) is 1. The van der Waals surface area contributed by atoms with E-state index in [1.54, 1.807) is 0 Å². The van der Waals surface area contributed by atoms with Crippen molar-refractivity contribution in [1.82, 2.24) is 0 Å². The fourth-order valence-corrected chi connectivity index (χ4v) is 2.14. The van der Waals surface area contributed by atoms with Crippen molar-refractivity contribution in [2.45, 2.75) is 52.6 Å². The quantitative estimate of drug-likeness (QED) is 0.673. The van der Waals surface area contributed by atoms with E-state index in [-0.39, 0.29) is 6.10 Å². The lowest BCUT2D eigenvalue weighted by Gasteiger charge is -2.31. The van der Waals surface area contributed by atoms with E-state index in [2.05, 4.69) is 20.4 Å². The highest BCUT2D eigenvalue weighted by atomic mass is 16.5. The minimum absolute atomic E-state index is 0.0338. The van der Waals surface area contributed by atoms with Gasteiger partial charge in [-0.05, 0) is 12.5 Å². The van der Waals surface area contributed by atoms with Gasteiger partial charge in [-0.1, -0.05) is 32.9 Å². The summed E-state index contributed by atoms with van der Waals surface area (Å²) in [7, 11) is 0. The van der Waals surface area contributed by atoms with Crippen LogP contribution in [-0.4, -0.2) is 12.0 Å². The van der Waals surface area contributed by atoms with Gasteiger partial charge in [0.1, 0.15) is 0 Å². The van der Waals surface area contributed by atoms with E-state index in [4.69, 9.17) is 10.1 Å². The Kier molecular flexibility index (Phi) is 4.78. The van der Waals surface area contributed by atoms with Gasteiger partial charge in [-0.15, -0.1) is 6.42 Å². The molecule has 1 heterocycles. The van der Waals surface area contributed by atoms with Gasteiger partial charge in [0.05, 0.1) is 6.10 Å². The Morgan fingerprint density at radius 2 is 2.19 bits per heavy atom. The maximum absolute atomic E-state index is 7.68. The maximum Gasteiger partial charge on any atom is 0.209 e. The van der Waals surface area contributed by atoms with Crippen molar-refractivity contribution in [3.63, 3.8) is 0 Å². The van der Waals surface area contributed by atoms with Gasteiger partial charge in [0.25, 0.3) is 0 Å². The lowest BCUT2D eigenvalue weighted by molar-refractivity contribution is 0.230. The van der Waals surface area contributed by atoms with Gasteiger partial charge >= 0.3 is 0 Å². The Hall–Kier alpha value is -1.05. The number of rotatable bonds is 6. The van der Waals surface area contributed by atoms with Crippen molar-refractivity contribution in [3.8, 4) is 0 Å². The van der Waals surface area contributed by atoms with Crippen LogP contribution in [0.15, 0.2) is 23.8 Å². The monoisotopic (exact) mass is 220 g/mol. The highest BCUT2D eigenvalue weighted by Gasteiger charge is 2.25. The molecule has 0 spiro atoms. The van der Waals surface area contributed by atoms with Crippen molar-refractivity contribution in [1.29, 1.82) is 5.41 Å². The van der Waals surface area contributed by atoms with Crippen LogP contribution in [0.5, 0.6) is 0 Å². The molecule has 90 valence electrons. The molecule has 1 aliphatic heterocycles. The van der Waals surface area contributed by atoms with Crippen molar-refractivity contribution < 1.29 is 4.74 Å². The second kappa shape index (κ2) is 5.88. The molecule has 0 aromatic rings. The molecule has 0 aromatic carbocycles. The summed E-state index contributed by atoms with van der Waals surface area (Å²) < 4.78 is 5.57. The van der Waals surface area contributed by atoms with Gasteiger partial charge < -0.3 is 10.7 Å². The first kappa shape index (κ1) is 13.0. The minimum atomic E-state index is 0.0338. The van der Waals surface area contributed by atoms with Crippen LogP contribution in [-0.2, 0) is 4.74 Å². The van der Waals surface area contributed by atoms with Crippen molar-refractivity contribution in [2.24, 2.45) is 0 Å². The summed E-state index contributed by atoms with van der Waals surface area (Å²) in [6.45, 7) is 10.1. The van der Waals surface area contributed by atoms with Gasteiger partial charge in [0.15, 0.2) is 0 Å². The SMILES string of the molecule is C=CC1=C(C)C(=N)OC1C[C-](CC)CCC. The second-order valence-corrected chi connectivity index (χ2v) is 4.28. The summed E-state index contributed by atoms with van der Waals surface area (Å²) in [6.07, 6.45) is 6.25. The van der Waals surface area contributed by atoms with Crippen LogP contribution in [0.2, 0.25) is 0 Å². The second-order valence-electron chi connectivity index (χ2n) is 4.28. The smallest absolute Gasteiger partial charge is 0.209 e. The third kappa shape index (κ3) is 2.75. The van der Waals surface area contributed by atoms with Gasteiger partial charge in [-0.25, -0.2) is 0 Å². The van der Waals surface area contributed by atoms with Crippen LogP contribution in [0.1, 0.15) is 46.5 Å². The molecule has 1 N–H and O–H groups in total. The minimum Gasteiger partial charge on any atom is -0.472 e. The van der Waals surface area contributed by atoms with E-state index in [0.29, 0.717) is 5.90 Å². The lowest BCUT2D eigenvalue weighted by atomic mass is 9.91. The summed E-state index contributed by atoms with van der Waals surface area (Å²) in [6, 6.07) is 0. The van der Waals surface area contributed by atoms with Gasteiger partial charge in [-0.3, -0.25) is 5.41 Å². The fraction of sp³-hybridized carbons (Fsp3) is 0.571. The first-order valence-corrected chi connectivity index (χ1v) is 6.06. The number of nitrogens with one attached hydrogen (secondary N) is 1. The summed E-state index contributed by atoms with van der Waals surface area (Å²) in [4.78, 5) is 0. The molecule has 0 amide bonds. The van der Waals surface area contributed by atoms with E-state index < -0.39 is 0 Å². The molecule has 1 aliphatic rings. The molecular formula is C14H22NO-. The molecule has 0 aromatic heterocycles. The van der Waals surface area contributed by atoms with E-state index in [1.165, 1.54) is 12.3 Å². The highest BCUT2D eigenvalue weighted by molar-refractivity contribution is 5.94. The van der Waals surface area contributed by atoms with E-state index in [9.17, 15) is 0 Å². The lowest BCUT2D eigenvalue weighted by Crippen LogP contribution is -2.15. The number of hydrogen-bond acceptors (Lipinski definition) is 2. The van der Waals surface area contributed by atoms with Crippen LogP contribution < -0.4 is 0 Å². The Labute approximate surface area is 98.9 Å². The molecule has 1 atom stereocenters. The maximum atomic E-state index is 7.68. The van der Waals surface area contributed by atoms with Crippen LogP contribution in [0.3, 0.4) is 0 Å². The van der Waals surface area contributed by atoms with Gasteiger partial charge in [-0.2, -0.15) is 12.8 Å². The molecule has 1 unspecified atom stereocenters. The molecule has 0 radical (unpaired) electrons. The van der Waals surface area contributed by atoms with Crippen LogP contribution >= 0.6 is 0 Å². The molecule has 2 nitrogen and oxygen atoms in total. The third-order valence-corrected chi connectivity index (χ3v) is 3.18. The summed E-state index contributed by atoms with van der Waals surface area (Å²) in [5.74, 6) is 1.83. The predicted molar refractivity (Wildman–Crippen MR) is 68.6 cm³/mol. The molecule has 0 fully saturated rings. The Morgan fingerprint density at radius 3 is 2.69 bits per heavy atom. The predicted octanol–water partition coefficient (Wildman–Crippen LogP) is 4.04. The van der Waals surface area contributed by atoms with Crippen LogP contribution in [0, 0.1) is 11.3 Å². The zero-order valence-corrected chi connectivity index (χ0v) is 10.6. The van der Waals surface area contributed by atoms with E-state index in [0.717, 1.165) is 30.4 Å². The summed E-state index contributed by atoms with van der Waals surface area (Å²) in [5.41, 5.74) is 2.03. The Bertz CT molecular complexity index is 304. The molecule has 0 saturated carbocycles. The molecule has 1 rings (SSSR count). The topological polar surface area (TPSA) is 33.1 Å². The largest absolute Gasteiger partial charge is 0.472 e. The molecule has 0 saturated heterocycles. The van der Waals surface area contributed by atoms with Crippen molar-refractivity contribution >= 4 is 5.90 Å². The van der Waals surface area contributed by atoms with Crippen molar-refractivity contribution in [2.75, 3.05) is 0 Å². The number of ether oxygens (including phenoxy) is 1. The summed E-state index contributed by atoms with van der Waals surface area (Å²) >= 11 is 0. The summed E-state index contributed by atoms with van der Waals surface area (Å²) in [5, 5.41) is 7.68. The first-order chi connectivity index (χ1) is 7.63. The zero-order valence-electron chi connectivity index (χ0n) is 10.6. The van der Waals surface area contributed by atoms with Crippen molar-refractivity contribution in [3.05, 3.63) is 29.7 Å². The molecule has 0 bridgehead atoms. The zero-order chi connectivity index (χ0) is 12.1. The van der Waals surface area contributed by atoms with E-state index in [1.807, 2.05) is 13.0 Å². The molecule has 2 heteroatoms. The Balaban J connectivity index is 2.68.